The molecule has 1 unspecified atom stereocenters. The second kappa shape index (κ2) is 9.44. The van der Waals surface area contributed by atoms with E-state index in [0.717, 1.165) is 28.1 Å². The van der Waals surface area contributed by atoms with Crippen LogP contribution in [0, 0.1) is 0 Å². The third-order valence-corrected chi connectivity index (χ3v) is 5.97. The van der Waals surface area contributed by atoms with Gasteiger partial charge in [0.15, 0.2) is 0 Å². The van der Waals surface area contributed by atoms with E-state index in [1.165, 1.54) is 0 Å². The van der Waals surface area contributed by atoms with Gasteiger partial charge in [-0.05, 0) is 42.5 Å². The highest BCUT2D eigenvalue weighted by Gasteiger charge is 2.27. The number of hydrogen-bond acceptors (Lipinski definition) is 7. The van der Waals surface area contributed by atoms with E-state index < -0.39 is 0 Å². The van der Waals surface area contributed by atoms with E-state index in [0.29, 0.717) is 31.3 Å². The lowest BCUT2D eigenvalue weighted by Crippen LogP contribution is -2.41. The molecule has 3 aromatic heterocycles. The summed E-state index contributed by atoms with van der Waals surface area (Å²) >= 11 is 0. The molecule has 4 aromatic rings. The van der Waals surface area contributed by atoms with Crippen LogP contribution in [0.25, 0.3) is 22.5 Å². The minimum absolute atomic E-state index is 0.116. The Kier molecular flexibility index (Phi) is 6.05. The van der Waals surface area contributed by atoms with Crippen molar-refractivity contribution < 1.29 is 9.47 Å². The van der Waals surface area contributed by atoms with E-state index in [4.69, 9.17) is 14.5 Å². The van der Waals surface area contributed by atoms with Gasteiger partial charge in [0.2, 0.25) is 5.95 Å². The van der Waals surface area contributed by atoms with Crippen LogP contribution in [0.3, 0.4) is 0 Å². The number of anilines is 1. The van der Waals surface area contributed by atoms with Crippen LogP contribution in [0.15, 0.2) is 78.0 Å². The highest BCUT2D eigenvalue weighted by atomic mass is 16.5. The molecule has 1 aromatic carbocycles. The van der Waals surface area contributed by atoms with Gasteiger partial charge in [0, 0.05) is 54.9 Å². The lowest BCUT2D eigenvalue weighted by molar-refractivity contribution is 0.0375. The van der Waals surface area contributed by atoms with Crippen LogP contribution in [0.4, 0.5) is 5.95 Å². The van der Waals surface area contributed by atoms with E-state index in [-0.39, 0.29) is 11.7 Å². The Balaban J connectivity index is 1.50. The first kappa shape index (κ1) is 21.8. The first-order valence-corrected chi connectivity index (χ1v) is 11.1. The Hall–Kier alpha value is -4.04. The largest absolute Gasteiger partial charge is 0.496 e. The average Bonchev–Trinajstić information content (AvgIpc) is 2.91. The number of aromatic nitrogens is 4. The Morgan fingerprint density at radius 2 is 1.85 bits per heavy atom. The Bertz CT molecular complexity index is 1340. The maximum atomic E-state index is 12.8. The van der Waals surface area contributed by atoms with Crippen LogP contribution in [-0.2, 0) is 11.8 Å². The van der Waals surface area contributed by atoms with E-state index in [9.17, 15) is 4.79 Å². The molecule has 172 valence electrons. The number of ether oxygens (including phenoxy) is 2. The zero-order chi connectivity index (χ0) is 23.5. The molecule has 0 radical (unpaired) electrons. The molecule has 1 saturated heterocycles. The lowest BCUT2D eigenvalue weighted by atomic mass is 10.0. The second-order valence-electron chi connectivity index (χ2n) is 8.05. The van der Waals surface area contributed by atoms with Crippen molar-refractivity contribution in [2.45, 2.75) is 6.10 Å². The summed E-state index contributed by atoms with van der Waals surface area (Å²) in [4.78, 5) is 28.2. The molecule has 0 N–H and O–H groups in total. The molecule has 1 aliphatic heterocycles. The summed E-state index contributed by atoms with van der Waals surface area (Å²) < 4.78 is 13.4. The zero-order valence-electron chi connectivity index (χ0n) is 19.1. The monoisotopic (exact) mass is 455 g/mol. The molecule has 34 heavy (non-hydrogen) atoms. The fraction of sp³-hybridized carbons (Fsp3) is 0.231. The third-order valence-electron chi connectivity index (χ3n) is 5.97. The van der Waals surface area contributed by atoms with Gasteiger partial charge in [-0.3, -0.25) is 19.3 Å². The summed E-state index contributed by atoms with van der Waals surface area (Å²) in [5.41, 5.74) is 4.16. The molecule has 5 rings (SSSR count). The number of benzene rings is 1. The molecule has 0 amide bonds. The number of nitrogens with zero attached hydrogens (tertiary/aromatic N) is 5. The Morgan fingerprint density at radius 3 is 2.62 bits per heavy atom. The van der Waals surface area contributed by atoms with Gasteiger partial charge in [-0.1, -0.05) is 6.07 Å². The van der Waals surface area contributed by atoms with E-state index in [1.807, 2.05) is 42.5 Å². The standard InChI is InChI=1S/C26H25N5O3/c1-30-25(32)16-22(18-8-11-27-12-9-18)29-26(30)31-13-14-34-24(17-31)20-15-19(6-7-23(20)33-2)21-5-3-4-10-28-21/h3-12,15-16,24H,13-14,17H2,1-2H3. The first-order chi connectivity index (χ1) is 16.6. The SMILES string of the molecule is COc1ccc(-c2ccccn2)cc1C1CN(c2nc(-c3ccncc3)cc(=O)n2C)CCO1. The highest BCUT2D eigenvalue weighted by molar-refractivity contribution is 5.63. The molecule has 4 heterocycles. The van der Waals surface area contributed by atoms with Gasteiger partial charge < -0.3 is 14.4 Å². The van der Waals surface area contributed by atoms with Crippen LogP contribution in [0.2, 0.25) is 0 Å². The number of morpholine rings is 1. The van der Waals surface area contributed by atoms with Gasteiger partial charge in [-0.15, -0.1) is 0 Å². The summed E-state index contributed by atoms with van der Waals surface area (Å²) in [7, 11) is 3.40. The maximum Gasteiger partial charge on any atom is 0.255 e. The molecule has 1 atom stereocenters. The van der Waals surface area contributed by atoms with Crippen molar-refractivity contribution in [1.82, 2.24) is 19.5 Å². The molecule has 0 saturated carbocycles. The van der Waals surface area contributed by atoms with Crippen molar-refractivity contribution in [1.29, 1.82) is 0 Å². The molecule has 8 nitrogen and oxygen atoms in total. The number of pyridine rings is 2. The molecular weight excluding hydrogens is 430 g/mol. The van der Waals surface area contributed by atoms with Crippen LogP contribution in [0.1, 0.15) is 11.7 Å². The van der Waals surface area contributed by atoms with Gasteiger partial charge in [-0.25, -0.2) is 4.98 Å². The summed E-state index contributed by atoms with van der Waals surface area (Å²) in [6, 6.07) is 17.1. The third kappa shape index (κ3) is 4.27. The minimum Gasteiger partial charge on any atom is -0.496 e. The number of rotatable bonds is 5. The van der Waals surface area contributed by atoms with Gasteiger partial charge in [0.1, 0.15) is 11.9 Å². The van der Waals surface area contributed by atoms with Crippen molar-refractivity contribution in [2.24, 2.45) is 7.05 Å². The summed E-state index contributed by atoms with van der Waals surface area (Å²) in [5, 5.41) is 0. The van der Waals surface area contributed by atoms with E-state index in [1.54, 1.807) is 43.4 Å². The summed E-state index contributed by atoms with van der Waals surface area (Å²) in [6.45, 7) is 1.65. The van der Waals surface area contributed by atoms with Gasteiger partial charge in [-0.2, -0.15) is 0 Å². The normalized spacial score (nSPS) is 15.8. The fourth-order valence-electron chi connectivity index (χ4n) is 4.18. The van der Waals surface area contributed by atoms with Crippen molar-refractivity contribution in [3.8, 4) is 28.3 Å². The highest BCUT2D eigenvalue weighted by Crippen LogP contribution is 2.34. The Morgan fingerprint density at radius 1 is 1.00 bits per heavy atom. The second-order valence-corrected chi connectivity index (χ2v) is 8.05. The molecule has 0 aliphatic carbocycles. The predicted molar refractivity (Wildman–Crippen MR) is 130 cm³/mol. The number of methoxy groups -OCH3 is 1. The Labute approximate surface area is 197 Å². The molecule has 1 aliphatic rings. The molecule has 8 heteroatoms. The molecule has 1 fully saturated rings. The molecule has 0 spiro atoms. The first-order valence-electron chi connectivity index (χ1n) is 11.1. The van der Waals surface area contributed by atoms with Crippen LogP contribution in [0.5, 0.6) is 5.75 Å². The summed E-state index contributed by atoms with van der Waals surface area (Å²) in [6.07, 6.45) is 4.91. The van der Waals surface area contributed by atoms with Crippen molar-refractivity contribution in [2.75, 3.05) is 31.7 Å². The smallest absolute Gasteiger partial charge is 0.255 e. The minimum atomic E-state index is -0.256. The van der Waals surface area contributed by atoms with Crippen LogP contribution < -0.4 is 15.2 Å². The summed E-state index contributed by atoms with van der Waals surface area (Å²) in [5.74, 6) is 1.35. The molecular formula is C26H25N5O3. The van der Waals surface area contributed by atoms with E-state index in [2.05, 4.69) is 20.9 Å². The van der Waals surface area contributed by atoms with Crippen molar-refractivity contribution in [3.63, 3.8) is 0 Å². The fourth-order valence-corrected chi connectivity index (χ4v) is 4.18. The molecule has 0 bridgehead atoms. The van der Waals surface area contributed by atoms with Gasteiger partial charge in [0.25, 0.3) is 5.56 Å². The number of hydrogen-bond donors (Lipinski definition) is 0. The van der Waals surface area contributed by atoms with Crippen molar-refractivity contribution >= 4 is 5.95 Å². The lowest BCUT2D eigenvalue weighted by Gasteiger charge is -2.35. The zero-order valence-corrected chi connectivity index (χ0v) is 19.1. The maximum absolute atomic E-state index is 12.8. The van der Waals surface area contributed by atoms with Crippen LogP contribution in [-0.4, -0.2) is 46.3 Å². The topological polar surface area (TPSA) is 82.4 Å². The van der Waals surface area contributed by atoms with Crippen LogP contribution >= 0.6 is 0 Å². The van der Waals surface area contributed by atoms with Gasteiger partial charge >= 0.3 is 0 Å². The predicted octanol–water partition coefficient (Wildman–Crippen LogP) is 3.49. The van der Waals surface area contributed by atoms with Crippen molar-refractivity contribution in [3.05, 3.63) is 89.1 Å². The van der Waals surface area contributed by atoms with Gasteiger partial charge in [0.05, 0.1) is 31.6 Å². The van der Waals surface area contributed by atoms with E-state index >= 15 is 0 Å². The quantitative estimate of drug-likeness (QED) is 0.456. The average molecular weight is 456 g/mol.